The zero-order valence-corrected chi connectivity index (χ0v) is 23.7. The van der Waals surface area contributed by atoms with Crippen molar-refractivity contribution in [3.05, 3.63) is 75.0 Å². The van der Waals surface area contributed by atoms with E-state index in [1.165, 1.54) is 4.90 Å². The number of carbonyl (C=O) groups is 2. The van der Waals surface area contributed by atoms with Crippen molar-refractivity contribution in [1.29, 1.82) is 0 Å². The Labute approximate surface area is 245 Å². The number of alkyl halides is 3. The monoisotopic (exact) mass is 604 g/mol. The molecule has 1 N–H and O–H groups in total. The van der Waals surface area contributed by atoms with E-state index in [-0.39, 0.29) is 37.7 Å². The van der Waals surface area contributed by atoms with Gasteiger partial charge in [0.05, 0.1) is 17.5 Å². The van der Waals surface area contributed by atoms with Gasteiger partial charge in [0.15, 0.2) is 0 Å². The number of aromatic nitrogens is 2. The Balaban J connectivity index is 1.12. The molecule has 1 aliphatic carbocycles. The summed E-state index contributed by atoms with van der Waals surface area (Å²) in [6.07, 6.45) is 0.531. The van der Waals surface area contributed by atoms with Gasteiger partial charge in [-0.2, -0.15) is 18.3 Å². The third-order valence-corrected chi connectivity index (χ3v) is 9.67. The van der Waals surface area contributed by atoms with E-state index >= 15 is 0 Å². The molecule has 11 heteroatoms. The van der Waals surface area contributed by atoms with Crippen LogP contribution < -0.4 is 0 Å². The lowest BCUT2D eigenvalue weighted by Crippen LogP contribution is -2.42. The molecular weight excluding hydrogens is 576 g/mol. The number of carbonyl (C=O) groups excluding carboxylic acids is 2. The number of piperidine rings is 1. The Morgan fingerprint density at radius 2 is 1.71 bits per heavy atom. The summed E-state index contributed by atoms with van der Waals surface area (Å²) in [4.78, 5) is 29.7. The molecule has 1 atom stereocenters. The van der Waals surface area contributed by atoms with Gasteiger partial charge in [0.2, 0.25) is 5.91 Å². The summed E-state index contributed by atoms with van der Waals surface area (Å²) in [6.45, 7) is 1.14. The standard InChI is InChI=1S/C30H29Cl2F3N4O2/c31-24-13-20(18-1-3-19(4-2-18)27(40)38-10-6-22(7-11-38)30(33,34)35)14-25(32)23(24)17-39-12-9-29(28(39)41)8-5-26-21(15-29)16-36-37-26/h1-4,13-14,16,22H,5-12,15,17H2,(H,36,37). The molecule has 41 heavy (non-hydrogen) atoms. The van der Waals surface area contributed by atoms with E-state index in [1.54, 1.807) is 36.4 Å². The summed E-state index contributed by atoms with van der Waals surface area (Å²) in [6, 6.07) is 10.5. The van der Waals surface area contributed by atoms with Gasteiger partial charge >= 0.3 is 6.18 Å². The highest BCUT2D eigenvalue weighted by Gasteiger charge is 2.48. The third kappa shape index (κ3) is 5.34. The van der Waals surface area contributed by atoms with Crippen molar-refractivity contribution in [2.75, 3.05) is 19.6 Å². The third-order valence-electron chi connectivity index (χ3n) is 8.99. The molecule has 2 aromatic carbocycles. The highest BCUT2D eigenvalue weighted by molar-refractivity contribution is 6.36. The second kappa shape index (κ2) is 10.7. The Bertz CT molecular complexity index is 1460. The van der Waals surface area contributed by atoms with Crippen molar-refractivity contribution in [3.8, 4) is 11.1 Å². The summed E-state index contributed by atoms with van der Waals surface area (Å²) in [5, 5.41) is 8.07. The molecule has 2 amide bonds. The van der Waals surface area contributed by atoms with Gasteiger partial charge in [0.25, 0.3) is 5.91 Å². The van der Waals surface area contributed by atoms with Gasteiger partial charge in [0.1, 0.15) is 0 Å². The number of hydrogen-bond donors (Lipinski definition) is 1. The van der Waals surface area contributed by atoms with E-state index in [0.29, 0.717) is 40.7 Å². The number of H-pyrrole nitrogens is 1. The number of aromatic amines is 1. The van der Waals surface area contributed by atoms with Gasteiger partial charge in [-0.05, 0) is 79.5 Å². The molecule has 1 spiro atoms. The quantitative estimate of drug-likeness (QED) is 0.360. The SMILES string of the molecule is O=C(c1ccc(-c2cc(Cl)c(CN3CCC4(CCc5[nH]ncc5C4)C3=O)c(Cl)c2)cc1)N1CCC(C(F)(F)F)CC1. The number of likely N-dealkylation sites (tertiary alicyclic amines) is 2. The van der Waals surface area contributed by atoms with Crippen molar-refractivity contribution in [1.82, 2.24) is 20.0 Å². The number of aryl methyl sites for hydroxylation is 1. The van der Waals surface area contributed by atoms with Gasteiger partial charge in [-0.3, -0.25) is 14.7 Å². The fraction of sp³-hybridized carbons (Fsp3) is 0.433. The summed E-state index contributed by atoms with van der Waals surface area (Å²) in [7, 11) is 0. The minimum atomic E-state index is -4.22. The lowest BCUT2D eigenvalue weighted by Gasteiger charge is -2.33. The average molecular weight is 605 g/mol. The highest BCUT2D eigenvalue weighted by Crippen LogP contribution is 2.44. The Kier molecular flexibility index (Phi) is 7.30. The number of amides is 2. The van der Waals surface area contributed by atoms with Crippen LogP contribution in [0.4, 0.5) is 13.2 Å². The van der Waals surface area contributed by atoms with Crippen LogP contribution in [0.25, 0.3) is 11.1 Å². The van der Waals surface area contributed by atoms with Crippen LogP contribution in [-0.4, -0.2) is 57.6 Å². The number of nitrogens with one attached hydrogen (secondary N) is 1. The first kappa shape index (κ1) is 28.1. The first-order valence-electron chi connectivity index (χ1n) is 13.8. The van der Waals surface area contributed by atoms with Crippen LogP contribution >= 0.6 is 23.2 Å². The van der Waals surface area contributed by atoms with Crippen LogP contribution in [0.3, 0.4) is 0 Å². The lowest BCUT2D eigenvalue weighted by atomic mass is 9.72. The van der Waals surface area contributed by atoms with Gasteiger partial charge in [-0.15, -0.1) is 0 Å². The zero-order chi connectivity index (χ0) is 28.9. The number of halogens is 5. The van der Waals surface area contributed by atoms with E-state index < -0.39 is 17.5 Å². The smallest absolute Gasteiger partial charge is 0.339 e. The van der Waals surface area contributed by atoms with Crippen LogP contribution in [0, 0.1) is 11.3 Å². The number of fused-ring (bicyclic) bond motifs is 1. The molecule has 2 aliphatic heterocycles. The van der Waals surface area contributed by atoms with Crippen molar-refractivity contribution in [2.24, 2.45) is 11.3 Å². The molecule has 3 aliphatic rings. The van der Waals surface area contributed by atoms with Gasteiger partial charge < -0.3 is 9.80 Å². The second-order valence-corrected chi connectivity index (χ2v) is 12.2. The maximum absolute atomic E-state index is 13.5. The van der Waals surface area contributed by atoms with E-state index in [4.69, 9.17) is 23.2 Å². The fourth-order valence-electron chi connectivity index (χ4n) is 6.47. The second-order valence-electron chi connectivity index (χ2n) is 11.4. The van der Waals surface area contributed by atoms with Crippen LogP contribution in [0.1, 0.15) is 52.9 Å². The normalized spacial score (nSPS) is 21.5. The van der Waals surface area contributed by atoms with Crippen molar-refractivity contribution >= 4 is 35.0 Å². The van der Waals surface area contributed by atoms with Crippen molar-refractivity contribution in [3.63, 3.8) is 0 Å². The minimum Gasteiger partial charge on any atom is -0.339 e. The molecule has 3 aromatic rings. The van der Waals surface area contributed by atoms with Gasteiger partial charge in [-0.25, -0.2) is 0 Å². The molecule has 1 unspecified atom stereocenters. The zero-order valence-electron chi connectivity index (χ0n) is 22.2. The van der Waals surface area contributed by atoms with Gasteiger partial charge in [0, 0.05) is 53.0 Å². The Morgan fingerprint density at radius 1 is 1.02 bits per heavy atom. The van der Waals surface area contributed by atoms with E-state index in [1.807, 2.05) is 11.1 Å². The molecule has 3 heterocycles. The fourth-order valence-corrected chi connectivity index (χ4v) is 7.08. The van der Waals surface area contributed by atoms with Crippen molar-refractivity contribution in [2.45, 2.75) is 51.2 Å². The predicted molar refractivity (Wildman–Crippen MR) is 150 cm³/mol. The number of rotatable bonds is 4. The number of hydrogen-bond acceptors (Lipinski definition) is 3. The van der Waals surface area contributed by atoms with E-state index in [9.17, 15) is 22.8 Å². The highest BCUT2D eigenvalue weighted by atomic mass is 35.5. The van der Waals surface area contributed by atoms with E-state index in [2.05, 4.69) is 10.2 Å². The summed E-state index contributed by atoms with van der Waals surface area (Å²) in [5.41, 5.74) is 4.50. The minimum absolute atomic E-state index is 0.0774. The molecule has 6 nitrogen and oxygen atoms in total. The largest absolute Gasteiger partial charge is 0.391 e. The molecule has 6 rings (SSSR count). The van der Waals surface area contributed by atoms with Crippen molar-refractivity contribution < 1.29 is 22.8 Å². The first-order valence-corrected chi connectivity index (χ1v) is 14.5. The predicted octanol–water partition coefficient (Wildman–Crippen LogP) is 6.71. The number of nitrogens with zero attached hydrogens (tertiary/aromatic N) is 3. The molecule has 1 aromatic heterocycles. The number of benzene rings is 2. The topological polar surface area (TPSA) is 69.3 Å². The Hall–Kier alpha value is -3.04. The molecule has 0 bridgehead atoms. The maximum Gasteiger partial charge on any atom is 0.391 e. The summed E-state index contributed by atoms with van der Waals surface area (Å²) >= 11 is 13.4. The molecule has 0 saturated carbocycles. The summed E-state index contributed by atoms with van der Waals surface area (Å²) < 4.78 is 38.9. The summed E-state index contributed by atoms with van der Waals surface area (Å²) in [5.74, 6) is -1.50. The molecule has 216 valence electrons. The van der Waals surface area contributed by atoms with Crippen LogP contribution in [0.15, 0.2) is 42.6 Å². The first-order chi connectivity index (χ1) is 19.5. The molecular formula is C30H29Cl2F3N4O2. The Morgan fingerprint density at radius 3 is 2.37 bits per heavy atom. The molecule has 2 fully saturated rings. The maximum atomic E-state index is 13.5. The molecule has 2 saturated heterocycles. The van der Waals surface area contributed by atoms with Gasteiger partial charge in [-0.1, -0.05) is 35.3 Å². The average Bonchev–Trinajstić information content (AvgIpc) is 3.54. The van der Waals surface area contributed by atoms with Crippen LogP contribution in [-0.2, 0) is 24.2 Å². The lowest BCUT2D eigenvalue weighted by molar-refractivity contribution is -0.183. The van der Waals surface area contributed by atoms with E-state index in [0.717, 1.165) is 41.6 Å². The molecule has 0 radical (unpaired) electrons. The van der Waals surface area contributed by atoms with Crippen LogP contribution in [0.2, 0.25) is 10.0 Å². The van der Waals surface area contributed by atoms with Crippen LogP contribution in [0.5, 0.6) is 0 Å².